The van der Waals surface area contributed by atoms with E-state index in [9.17, 15) is 0 Å². The minimum Gasteiger partial charge on any atom is -0.317 e. The molecule has 2 heterocycles. The van der Waals surface area contributed by atoms with Crippen molar-refractivity contribution < 1.29 is 0 Å². The molecule has 0 amide bonds. The second kappa shape index (κ2) is 7.61. The normalized spacial score (nSPS) is 10.9. The smallest absolute Gasteiger partial charge is 0.118 e. The Labute approximate surface area is 116 Å². The third-order valence-electron chi connectivity index (χ3n) is 2.67. The summed E-state index contributed by atoms with van der Waals surface area (Å²) in [7, 11) is 0. The maximum atomic E-state index is 4.26. The van der Waals surface area contributed by atoms with Crippen molar-refractivity contribution >= 4 is 22.7 Å². The van der Waals surface area contributed by atoms with Crippen molar-refractivity contribution in [3.8, 4) is 0 Å². The maximum absolute atomic E-state index is 4.26. The third kappa shape index (κ3) is 4.48. The first-order valence-corrected chi connectivity index (χ1v) is 8.12. The number of hydrogen-bond acceptors (Lipinski definition) is 5. The molecule has 0 fully saturated rings. The molecule has 0 aliphatic carbocycles. The van der Waals surface area contributed by atoms with Gasteiger partial charge in [0.2, 0.25) is 0 Å². The topological polar surface area (TPSA) is 37.8 Å². The number of aromatic nitrogens is 2. The number of nitrogens with zero attached hydrogens (tertiary/aromatic N) is 2. The zero-order valence-corrected chi connectivity index (χ0v) is 12.3. The highest BCUT2D eigenvalue weighted by Crippen LogP contribution is 2.15. The fourth-order valence-corrected chi connectivity index (χ4v) is 3.37. The zero-order valence-electron chi connectivity index (χ0n) is 10.7. The van der Waals surface area contributed by atoms with Gasteiger partial charge >= 0.3 is 0 Å². The van der Waals surface area contributed by atoms with Crippen molar-refractivity contribution in [3.63, 3.8) is 0 Å². The standard InChI is InChI=1S/C13H19N3S2/c1-2-14-9-8-13-16-15-12(18-13)7-3-5-11-6-4-10-17-11/h4,6,10,14H,2-3,5,7-9H2,1H3. The molecule has 0 atom stereocenters. The fraction of sp³-hybridized carbons (Fsp3) is 0.538. The summed E-state index contributed by atoms with van der Waals surface area (Å²) < 4.78 is 0. The Morgan fingerprint density at radius 1 is 1.17 bits per heavy atom. The van der Waals surface area contributed by atoms with Gasteiger partial charge in [-0.25, -0.2) is 0 Å². The van der Waals surface area contributed by atoms with Gasteiger partial charge < -0.3 is 5.32 Å². The van der Waals surface area contributed by atoms with E-state index in [0.29, 0.717) is 0 Å². The van der Waals surface area contributed by atoms with E-state index in [2.05, 4.69) is 40.0 Å². The molecule has 0 radical (unpaired) electrons. The predicted octanol–water partition coefficient (Wildman–Crippen LogP) is 2.93. The van der Waals surface area contributed by atoms with Gasteiger partial charge in [0.15, 0.2) is 0 Å². The lowest BCUT2D eigenvalue weighted by Gasteiger charge is -1.96. The highest BCUT2D eigenvalue weighted by Gasteiger charge is 2.04. The number of aryl methyl sites for hydroxylation is 2. The van der Waals surface area contributed by atoms with Crippen LogP contribution in [0.15, 0.2) is 17.5 Å². The third-order valence-corrected chi connectivity index (χ3v) is 4.65. The van der Waals surface area contributed by atoms with Gasteiger partial charge in [-0.15, -0.1) is 32.9 Å². The molecule has 0 saturated carbocycles. The largest absolute Gasteiger partial charge is 0.317 e. The molecule has 0 spiro atoms. The van der Waals surface area contributed by atoms with E-state index in [4.69, 9.17) is 0 Å². The molecule has 0 aliphatic heterocycles. The van der Waals surface area contributed by atoms with Gasteiger partial charge in [-0.1, -0.05) is 13.0 Å². The SMILES string of the molecule is CCNCCc1nnc(CCCc2cccs2)s1. The first-order valence-electron chi connectivity index (χ1n) is 6.43. The van der Waals surface area contributed by atoms with Crippen LogP contribution in [-0.4, -0.2) is 23.3 Å². The van der Waals surface area contributed by atoms with Crippen molar-refractivity contribution in [3.05, 3.63) is 32.4 Å². The summed E-state index contributed by atoms with van der Waals surface area (Å²) in [5, 5.41) is 16.3. The van der Waals surface area contributed by atoms with E-state index in [0.717, 1.165) is 37.4 Å². The zero-order chi connectivity index (χ0) is 12.6. The van der Waals surface area contributed by atoms with Crippen LogP contribution in [0, 0.1) is 0 Å². The van der Waals surface area contributed by atoms with Crippen LogP contribution in [0.3, 0.4) is 0 Å². The molecule has 2 aromatic heterocycles. The van der Waals surface area contributed by atoms with Crippen molar-refractivity contribution in [2.75, 3.05) is 13.1 Å². The Hall–Kier alpha value is -0.780. The average molecular weight is 281 g/mol. The monoisotopic (exact) mass is 281 g/mol. The summed E-state index contributed by atoms with van der Waals surface area (Å²) in [6, 6.07) is 4.32. The summed E-state index contributed by atoms with van der Waals surface area (Å²) in [6.45, 7) is 4.14. The van der Waals surface area contributed by atoms with E-state index in [-0.39, 0.29) is 0 Å². The van der Waals surface area contributed by atoms with Crippen LogP contribution in [-0.2, 0) is 19.3 Å². The summed E-state index contributed by atoms with van der Waals surface area (Å²) in [6.07, 6.45) is 4.37. The van der Waals surface area contributed by atoms with Gasteiger partial charge in [0.25, 0.3) is 0 Å². The Morgan fingerprint density at radius 3 is 2.72 bits per heavy atom. The minimum absolute atomic E-state index is 0.996. The van der Waals surface area contributed by atoms with Crippen LogP contribution in [0.1, 0.15) is 28.2 Å². The molecule has 2 rings (SSSR count). The van der Waals surface area contributed by atoms with Crippen molar-refractivity contribution in [2.24, 2.45) is 0 Å². The molecule has 0 bridgehead atoms. The fourth-order valence-electron chi connectivity index (χ4n) is 1.73. The van der Waals surface area contributed by atoms with E-state index in [1.807, 2.05) is 11.3 Å². The van der Waals surface area contributed by atoms with Gasteiger partial charge in [-0.3, -0.25) is 0 Å². The second-order valence-corrected chi connectivity index (χ2v) is 6.30. The Bertz CT molecular complexity index is 437. The Kier molecular flexibility index (Phi) is 5.77. The molecule has 2 aromatic rings. The number of thiophene rings is 1. The van der Waals surface area contributed by atoms with Crippen LogP contribution in [0.5, 0.6) is 0 Å². The van der Waals surface area contributed by atoms with Gasteiger partial charge in [-0.2, -0.15) is 0 Å². The number of hydrogen-bond donors (Lipinski definition) is 1. The van der Waals surface area contributed by atoms with E-state index in [1.165, 1.54) is 16.3 Å². The van der Waals surface area contributed by atoms with Gasteiger partial charge in [0.1, 0.15) is 10.0 Å². The van der Waals surface area contributed by atoms with Crippen molar-refractivity contribution in [1.82, 2.24) is 15.5 Å². The molecule has 0 aromatic carbocycles. The Balaban J connectivity index is 1.69. The van der Waals surface area contributed by atoms with E-state index in [1.54, 1.807) is 11.3 Å². The first kappa shape index (κ1) is 13.6. The van der Waals surface area contributed by atoms with E-state index >= 15 is 0 Å². The summed E-state index contributed by atoms with van der Waals surface area (Å²) in [4.78, 5) is 1.46. The van der Waals surface area contributed by atoms with Gasteiger partial charge in [-0.05, 0) is 30.8 Å². The summed E-state index contributed by atoms with van der Waals surface area (Å²) in [5.41, 5.74) is 0. The maximum Gasteiger partial charge on any atom is 0.118 e. The number of likely N-dealkylation sites (N-methyl/N-ethyl adjacent to an activating group) is 1. The molecular formula is C13H19N3S2. The van der Waals surface area contributed by atoms with Crippen molar-refractivity contribution in [1.29, 1.82) is 0 Å². The predicted molar refractivity (Wildman–Crippen MR) is 78.5 cm³/mol. The molecule has 0 unspecified atom stereocenters. The molecule has 98 valence electrons. The number of rotatable bonds is 8. The quantitative estimate of drug-likeness (QED) is 0.756. The van der Waals surface area contributed by atoms with Crippen LogP contribution in [0.4, 0.5) is 0 Å². The highest BCUT2D eigenvalue weighted by atomic mass is 32.1. The lowest BCUT2D eigenvalue weighted by Crippen LogP contribution is -2.15. The lowest BCUT2D eigenvalue weighted by molar-refractivity contribution is 0.709. The molecule has 3 nitrogen and oxygen atoms in total. The van der Waals surface area contributed by atoms with Gasteiger partial charge in [0, 0.05) is 24.3 Å². The molecule has 5 heteroatoms. The Morgan fingerprint density at radius 2 is 2.00 bits per heavy atom. The average Bonchev–Trinajstić information content (AvgIpc) is 3.01. The van der Waals surface area contributed by atoms with Crippen LogP contribution in [0.2, 0.25) is 0 Å². The number of nitrogens with one attached hydrogen (secondary N) is 1. The van der Waals surface area contributed by atoms with Crippen LogP contribution >= 0.6 is 22.7 Å². The van der Waals surface area contributed by atoms with Crippen molar-refractivity contribution in [2.45, 2.75) is 32.6 Å². The first-order chi connectivity index (χ1) is 8.88. The lowest BCUT2D eigenvalue weighted by atomic mass is 10.2. The molecule has 1 N–H and O–H groups in total. The molecule has 18 heavy (non-hydrogen) atoms. The van der Waals surface area contributed by atoms with Crippen LogP contribution in [0.25, 0.3) is 0 Å². The van der Waals surface area contributed by atoms with E-state index < -0.39 is 0 Å². The molecule has 0 aliphatic rings. The second-order valence-electron chi connectivity index (χ2n) is 4.13. The highest BCUT2D eigenvalue weighted by molar-refractivity contribution is 7.11. The minimum atomic E-state index is 0.996. The summed E-state index contributed by atoms with van der Waals surface area (Å²) in [5.74, 6) is 0. The summed E-state index contributed by atoms with van der Waals surface area (Å²) >= 11 is 3.60. The molecular weight excluding hydrogens is 262 g/mol. The van der Waals surface area contributed by atoms with Crippen LogP contribution < -0.4 is 5.32 Å². The molecule has 0 saturated heterocycles. The van der Waals surface area contributed by atoms with Gasteiger partial charge in [0.05, 0.1) is 0 Å².